The van der Waals surface area contributed by atoms with Crippen LogP contribution in [0.2, 0.25) is 0 Å². The van der Waals surface area contributed by atoms with Crippen LogP contribution in [-0.4, -0.2) is 116 Å². The summed E-state index contributed by atoms with van der Waals surface area (Å²) in [5.41, 5.74) is 5.99. The molecule has 0 spiro atoms. The Hall–Kier alpha value is -6.40. The molecule has 4 amide bonds. The van der Waals surface area contributed by atoms with Gasteiger partial charge < -0.3 is 43.7 Å². The number of carbonyl (C=O) groups excluding carboxylic acids is 4. The first-order valence-corrected chi connectivity index (χ1v) is 21.8. The van der Waals surface area contributed by atoms with Crippen molar-refractivity contribution in [3.63, 3.8) is 0 Å². The number of rotatable bonds is 9. The normalized spacial score (nSPS) is 20.2. The maximum Gasteiger partial charge on any atom is 0.416 e. The molecule has 0 radical (unpaired) electrons. The van der Waals surface area contributed by atoms with Gasteiger partial charge in [0.15, 0.2) is 24.0 Å². The molecule has 0 fully saturated rings. The van der Waals surface area contributed by atoms with Gasteiger partial charge in [-0.3, -0.25) is 9.59 Å². The second-order valence-electron chi connectivity index (χ2n) is 14.8. The van der Waals surface area contributed by atoms with E-state index in [2.05, 4.69) is 18.5 Å². The van der Waals surface area contributed by atoms with E-state index in [4.69, 9.17) is 23.7 Å². The standard InChI is InChI=1S/C23H24N2O6S.C23H24N2O5S/c1-4-8-31-23(28)25-17-12-19(26)20(29-2)11-16(17)21(27)24-7-5-14(15-6-9-32-13-15)10-18(24)22(25)30-3;1-4-8-30-23(28)25-18-10-14(2)20(29-3)12-17(18)21(26)24-7-5-15(11-19(24)22(25)27)16-6-9-31-13-16/h4-6,9,11-13,18,22,26H,1,7-8,10H2,2-3H3;4-6,9-10,12-13,19,22,27H,1,7-8,11H2,2-3H3/t18-,22?;19-,22?/m00/s1. The summed E-state index contributed by atoms with van der Waals surface area (Å²) in [6, 6.07) is 9.01. The van der Waals surface area contributed by atoms with Crippen LogP contribution in [0, 0.1) is 6.92 Å². The number of hydrogen-bond donors (Lipinski definition) is 2. The first-order chi connectivity index (χ1) is 30.4. The van der Waals surface area contributed by atoms with E-state index in [1.807, 2.05) is 47.3 Å². The summed E-state index contributed by atoms with van der Waals surface area (Å²) in [4.78, 5) is 58.9. The van der Waals surface area contributed by atoms with Crippen molar-refractivity contribution >= 4 is 69.2 Å². The van der Waals surface area contributed by atoms with E-state index in [1.54, 1.807) is 44.6 Å². The number of aliphatic hydroxyl groups is 1. The molecule has 4 aromatic rings. The van der Waals surface area contributed by atoms with Gasteiger partial charge in [0.25, 0.3) is 11.8 Å². The van der Waals surface area contributed by atoms with Gasteiger partial charge in [0, 0.05) is 26.3 Å². The molecule has 4 atom stereocenters. The molecule has 6 heterocycles. The number of aliphatic hydroxyl groups excluding tert-OH is 1. The number of fused-ring (bicyclic) bond motifs is 4. The summed E-state index contributed by atoms with van der Waals surface area (Å²) in [5.74, 6) is -0.0873. The van der Waals surface area contributed by atoms with E-state index >= 15 is 0 Å². The largest absolute Gasteiger partial charge is 0.504 e. The minimum atomic E-state index is -1.28. The number of anilines is 2. The van der Waals surface area contributed by atoms with Gasteiger partial charge in [0.05, 0.1) is 48.8 Å². The third kappa shape index (κ3) is 8.69. The highest BCUT2D eigenvalue weighted by Crippen LogP contribution is 2.43. The average molecular weight is 897 g/mol. The Bertz CT molecular complexity index is 2450. The van der Waals surface area contributed by atoms with Crippen molar-refractivity contribution in [1.29, 1.82) is 0 Å². The van der Waals surface area contributed by atoms with Crippen LogP contribution in [0.4, 0.5) is 21.0 Å². The van der Waals surface area contributed by atoms with E-state index in [-0.39, 0.29) is 53.3 Å². The van der Waals surface area contributed by atoms with Crippen molar-refractivity contribution in [3.8, 4) is 17.2 Å². The van der Waals surface area contributed by atoms with Crippen molar-refractivity contribution in [2.75, 3.05) is 57.4 Å². The minimum Gasteiger partial charge on any atom is -0.504 e. The first kappa shape index (κ1) is 44.6. The molecule has 2 aromatic carbocycles. The number of benzene rings is 2. The summed E-state index contributed by atoms with van der Waals surface area (Å²) in [7, 11) is 4.41. The Morgan fingerprint density at radius 1 is 0.762 bits per heavy atom. The molecule has 2 N–H and O–H groups in total. The monoisotopic (exact) mass is 896 g/mol. The third-order valence-corrected chi connectivity index (χ3v) is 12.7. The van der Waals surface area contributed by atoms with Crippen molar-refractivity contribution in [1.82, 2.24) is 9.80 Å². The van der Waals surface area contributed by atoms with Gasteiger partial charge in [-0.05, 0) is 99.5 Å². The molecule has 330 valence electrons. The summed E-state index contributed by atoms with van der Waals surface area (Å²) in [6.45, 7) is 9.64. The molecule has 0 bridgehead atoms. The fourth-order valence-corrected chi connectivity index (χ4v) is 9.60. The Morgan fingerprint density at radius 2 is 1.27 bits per heavy atom. The van der Waals surface area contributed by atoms with Gasteiger partial charge in [0.1, 0.15) is 19.0 Å². The second-order valence-corrected chi connectivity index (χ2v) is 16.4. The summed E-state index contributed by atoms with van der Waals surface area (Å²) in [6.07, 6.45) is 4.28. The molecule has 2 aromatic heterocycles. The van der Waals surface area contributed by atoms with Crippen molar-refractivity contribution < 1.29 is 53.1 Å². The molecule has 63 heavy (non-hydrogen) atoms. The van der Waals surface area contributed by atoms with Crippen LogP contribution in [0.5, 0.6) is 17.2 Å². The van der Waals surface area contributed by atoms with Crippen LogP contribution in [0.15, 0.2) is 95.4 Å². The van der Waals surface area contributed by atoms with E-state index in [9.17, 15) is 29.4 Å². The zero-order valence-electron chi connectivity index (χ0n) is 35.2. The molecular weight excluding hydrogens is 849 g/mol. The maximum absolute atomic E-state index is 13.6. The number of aromatic hydroxyl groups is 1. The van der Waals surface area contributed by atoms with Gasteiger partial charge in [-0.1, -0.05) is 37.5 Å². The number of carbonyl (C=O) groups is 4. The zero-order chi connectivity index (χ0) is 44.9. The van der Waals surface area contributed by atoms with Crippen LogP contribution in [0.3, 0.4) is 0 Å². The van der Waals surface area contributed by atoms with Gasteiger partial charge in [-0.25, -0.2) is 19.4 Å². The Morgan fingerprint density at radius 3 is 1.78 bits per heavy atom. The second kappa shape index (κ2) is 19.3. The number of ether oxygens (including phenoxy) is 5. The lowest BCUT2D eigenvalue weighted by Gasteiger charge is -2.40. The lowest BCUT2D eigenvalue weighted by atomic mass is 9.94. The van der Waals surface area contributed by atoms with Crippen LogP contribution in [0.25, 0.3) is 11.1 Å². The summed E-state index contributed by atoms with van der Waals surface area (Å²) >= 11 is 3.18. The predicted molar refractivity (Wildman–Crippen MR) is 241 cm³/mol. The molecular formula is C46H48N4O11S2. The summed E-state index contributed by atoms with van der Waals surface area (Å²) in [5, 5.41) is 29.8. The highest BCUT2D eigenvalue weighted by atomic mass is 32.1. The Balaban J connectivity index is 0.000000189. The Labute approximate surface area is 372 Å². The number of hydrogen-bond acceptors (Lipinski definition) is 13. The molecule has 4 aliphatic rings. The van der Waals surface area contributed by atoms with Gasteiger partial charge in [0.2, 0.25) is 0 Å². The van der Waals surface area contributed by atoms with E-state index in [1.165, 1.54) is 55.4 Å². The molecule has 17 heteroatoms. The number of aryl methyl sites for hydroxylation is 1. The number of thiophene rings is 2. The van der Waals surface area contributed by atoms with E-state index in [0.717, 1.165) is 27.8 Å². The first-order valence-electron chi connectivity index (χ1n) is 20.0. The maximum atomic E-state index is 13.6. The van der Waals surface area contributed by atoms with Crippen molar-refractivity contribution in [3.05, 3.63) is 123 Å². The zero-order valence-corrected chi connectivity index (χ0v) is 36.9. The molecule has 4 aliphatic heterocycles. The fourth-order valence-electron chi connectivity index (χ4n) is 8.24. The smallest absolute Gasteiger partial charge is 0.416 e. The minimum absolute atomic E-state index is 0.00505. The van der Waals surface area contributed by atoms with Crippen LogP contribution >= 0.6 is 22.7 Å². The van der Waals surface area contributed by atoms with Gasteiger partial charge in [-0.15, -0.1) is 0 Å². The highest BCUT2D eigenvalue weighted by molar-refractivity contribution is 7.08. The van der Waals surface area contributed by atoms with Crippen LogP contribution in [-0.2, 0) is 14.2 Å². The average Bonchev–Trinajstić information content (AvgIpc) is 4.03. The number of phenolic OH excluding ortho intramolecular Hbond substituents is 1. The van der Waals surface area contributed by atoms with Gasteiger partial charge in [-0.2, -0.15) is 22.7 Å². The number of methoxy groups -OCH3 is 3. The number of nitrogens with zero attached hydrogens (tertiary/aromatic N) is 4. The SMILES string of the molecule is C=CCOC(=O)N1c2cc(C)c(OC)cc2C(=O)N2CC=C(c3ccsc3)C[C@H]2C1O.C=CCOC(=O)N1c2cc(O)c(OC)cc2C(=O)N2CC=C(c3ccsc3)C[C@H]2C1OC. The molecule has 0 saturated carbocycles. The Kier molecular flexibility index (Phi) is 13.7. The topological polar surface area (TPSA) is 168 Å². The van der Waals surface area contributed by atoms with E-state index < -0.39 is 36.7 Å². The number of amides is 4. The lowest BCUT2D eigenvalue weighted by Crippen LogP contribution is -2.55. The van der Waals surface area contributed by atoms with Crippen molar-refractivity contribution in [2.24, 2.45) is 0 Å². The lowest BCUT2D eigenvalue weighted by molar-refractivity contribution is 0.0175. The van der Waals surface area contributed by atoms with Crippen molar-refractivity contribution in [2.45, 2.75) is 44.3 Å². The summed E-state index contributed by atoms with van der Waals surface area (Å²) < 4.78 is 27.0. The third-order valence-electron chi connectivity index (χ3n) is 11.3. The molecule has 8 rings (SSSR count). The van der Waals surface area contributed by atoms with E-state index in [0.29, 0.717) is 37.4 Å². The molecule has 0 aliphatic carbocycles. The molecule has 0 saturated heterocycles. The predicted octanol–water partition coefficient (Wildman–Crippen LogP) is 7.70. The quantitative estimate of drug-likeness (QED) is 0.158. The highest BCUT2D eigenvalue weighted by Gasteiger charge is 2.47. The number of phenols is 1. The molecule has 2 unspecified atom stereocenters. The molecule has 15 nitrogen and oxygen atoms in total. The van der Waals surface area contributed by atoms with Crippen LogP contribution < -0.4 is 19.3 Å². The fraction of sp³-hybridized carbons (Fsp3) is 0.304. The van der Waals surface area contributed by atoms with Gasteiger partial charge >= 0.3 is 12.2 Å². The van der Waals surface area contributed by atoms with Crippen LogP contribution in [0.1, 0.15) is 50.2 Å².